The summed E-state index contributed by atoms with van der Waals surface area (Å²) in [5, 5.41) is 0. The van der Waals surface area contributed by atoms with E-state index in [0.29, 0.717) is 0 Å². The highest BCUT2D eigenvalue weighted by atomic mass is 35.5. The van der Waals surface area contributed by atoms with Crippen LogP contribution < -0.4 is 0 Å². The van der Waals surface area contributed by atoms with E-state index < -0.39 is 10.1 Å². The predicted octanol–water partition coefficient (Wildman–Crippen LogP) is 3.51. The second kappa shape index (κ2) is 6.42. The number of aryl methyl sites for hydroxylation is 1. The van der Waals surface area contributed by atoms with Crippen LogP contribution in [-0.4, -0.2) is 31.6 Å². The van der Waals surface area contributed by atoms with Gasteiger partial charge in [0.1, 0.15) is 11.9 Å². The van der Waals surface area contributed by atoms with Crippen LogP contribution >= 0.6 is 11.8 Å². The van der Waals surface area contributed by atoms with E-state index in [4.69, 9.17) is 16.0 Å². The SMILES string of the molecule is Cc1ccc(S(=O)(=O)OCC2CC(C3=C4C=NC=C[N+]4(Cl)C=N3)C2)cc1. The molecule has 26 heavy (non-hydrogen) atoms. The molecule has 6 nitrogen and oxygen atoms in total. The third-order valence-electron chi connectivity index (χ3n) is 4.95. The fourth-order valence-electron chi connectivity index (χ4n) is 3.34. The van der Waals surface area contributed by atoms with E-state index in [9.17, 15) is 8.42 Å². The minimum atomic E-state index is -3.71. The summed E-state index contributed by atoms with van der Waals surface area (Å²) >= 11 is 6.48. The number of rotatable bonds is 5. The van der Waals surface area contributed by atoms with Gasteiger partial charge in [-0.05, 0) is 37.8 Å². The molecule has 1 fully saturated rings. The van der Waals surface area contributed by atoms with E-state index in [1.54, 1.807) is 49.2 Å². The molecule has 8 heteroatoms. The molecule has 136 valence electrons. The summed E-state index contributed by atoms with van der Waals surface area (Å²) < 4.78 is 29.8. The first-order chi connectivity index (χ1) is 12.4. The van der Waals surface area contributed by atoms with Crippen LogP contribution in [0.2, 0.25) is 0 Å². The minimum Gasteiger partial charge on any atom is -0.266 e. The van der Waals surface area contributed by atoms with Crippen molar-refractivity contribution in [2.75, 3.05) is 6.61 Å². The Labute approximate surface area is 158 Å². The Kier molecular flexibility index (Phi) is 4.35. The first-order valence-electron chi connectivity index (χ1n) is 8.42. The van der Waals surface area contributed by atoms with Crippen LogP contribution in [0.25, 0.3) is 0 Å². The molecular weight excluding hydrogens is 374 g/mol. The van der Waals surface area contributed by atoms with Crippen molar-refractivity contribution in [1.82, 2.24) is 0 Å². The van der Waals surface area contributed by atoms with Crippen molar-refractivity contribution in [3.05, 3.63) is 53.6 Å². The first-order valence-corrected chi connectivity index (χ1v) is 10.2. The molecule has 3 aliphatic rings. The van der Waals surface area contributed by atoms with Gasteiger partial charge in [0.15, 0.2) is 11.8 Å². The van der Waals surface area contributed by atoms with E-state index in [0.717, 1.165) is 29.8 Å². The lowest BCUT2D eigenvalue weighted by molar-refractivity contribution is -0.592. The molecule has 0 amide bonds. The molecule has 1 aromatic rings. The van der Waals surface area contributed by atoms with Crippen LogP contribution in [0.4, 0.5) is 0 Å². The number of hydrogen-bond donors (Lipinski definition) is 0. The highest BCUT2D eigenvalue weighted by Crippen LogP contribution is 2.45. The third kappa shape index (κ3) is 3.16. The minimum absolute atomic E-state index is 0.0261. The molecule has 0 aromatic heterocycles. The van der Waals surface area contributed by atoms with E-state index in [1.807, 2.05) is 6.92 Å². The third-order valence-corrected chi connectivity index (χ3v) is 6.63. The van der Waals surface area contributed by atoms with E-state index in [-0.39, 0.29) is 27.3 Å². The lowest BCUT2D eigenvalue weighted by Gasteiger charge is -2.34. The van der Waals surface area contributed by atoms with Gasteiger partial charge < -0.3 is 0 Å². The van der Waals surface area contributed by atoms with E-state index in [1.165, 1.54) is 0 Å². The molecule has 0 N–H and O–H groups in total. The van der Waals surface area contributed by atoms with Gasteiger partial charge in [-0.2, -0.15) is 13.4 Å². The Morgan fingerprint density at radius 1 is 1.27 bits per heavy atom. The quantitative estimate of drug-likeness (QED) is 0.568. The Morgan fingerprint density at radius 2 is 2.00 bits per heavy atom. The van der Waals surface area contributed by atoms with Gasteiger partial charge in [0, 0.05) is 5.92 Å². The van der Waals surface area contributed by atoms with Gasteiger partial charge in [-0.3, -0.25) is 9.18 Å². The molecule has 2 heterocycles. The van der Waals surface area contributed by atoms with E-state index >= 15 is 0 Å². The predicted molar refractivity (Wildman–Crippen MR) is 99.8 cm³/mol. The lowest BCUT2D eigenvalue weighted by Crippen LogP contribution is -2.33. The number of benzene rings is 1. The molecular formula is C18H19ClN3O3S+. The summed E-state index contributed by atoms with van der Waals surface area (Å²) in [4.78, 5) is 8.80. The normalized spacial score (nSPS) is 29.8. The monoisotopic (exact) mass is 392 g/mol. The zero-order valence-corrected chi connectivity index (χ0v) is 15.8. The van der Waals surface area contributed by atoms with Crippen molar-refractivity contribution in [3.8, 4) is 0 Å². The van der Waals surface area contributed by atoms with Crippen LogP contribution in [-0.2, 0) is 14.3 Å². The van der Waals surface area contributed by atoms with Crippen LogP contribution in [0.5, 0.6) is 0 Å². The van der Waals surface area contributed by atoms with Crippen LogP contribution in [0.1, 0.15) is 18.4 Å². The highest BCUT2D eigenvalue weighted by molar-refractivity contribution is 7.86. The number of halogens is 1. The maximum atomic E-state index is 12.3. The van der Waals surface area contributed by atoms with E-state index in [2.05, 4.69) is 9.98 Å². The summed E-state index contributed by atoms with van der Waals surface area (Å²) in [6, 6.07) is 6.67. The Balaban J connectivity index is 1.36. The molecule has 0 radical (unpaired) electrons. The summed E-state index contributed by atoms with van der Waals surface area (Å²) in [5.74, 6) is 0.450. The Bertz CT molecular complexity index is 944. The largest absolute Gasteiger partial charge is 0.296 e. The number of quaternary nitrogens is 1. The molecule has 0 spiro atoms. The number of hydrogen-bond acceptors (Lipinski definition) is 5. The average molecular weight is 393 g/mol. The van der Waals surface area contributed by atoms with Gasteiger partial charge >= 0.3 is 0 Å². The van der Waals surface area contributed by atoms with Crippen molar-refractivity contribution < 1.29 is 16.6 Å². The molecule has 0 bridgehead atoms. The molecule has 1 saturated carbocycles. The Hall–Kier alpha value is -1.80. The maximum Gasteiger partial charge on any atom is 0.296 e. The number of allylic oxidation sites excluding steroid dienone is 2. The van der Waals surface area contributed by atoms with Crippen molar-refractivity contribution in [2.24, 2.45) is 21.8 Å². The smallest absolute Gasteiger partial charge is 0.266 e. The standard InChI is InChI=1S/C18H19ClN3O3S/c1-13-2-4-16(5-3-13)26(23,24)25-11-14-8-15(9-14)18-17-10-20-6-7-22(17,19)12-21-18/h2-7,10,12,14-15H,8-9,11H2,1H3/q+1. The van der Waals surface area contributed by atoms with Crippen molar-refractivity contribution in [2.45, 2.75) is 24.7 Å². The van der Waals surface area contributed by atoms with Gasteiger partial charge in [-0.1, -0.05) is 17.7 Å². The topological polar surface area (TPSA) is 68.1 Å². The summed E-state index contributed by atoms with van der Waals surface area (Å²) in [5.41, 5.74) is 2.81. The molecule has 0 saturated heterocycles. The average Bonchev–Trinajstić information content (AvgIpc) is 2.91. The Morgan fingerprint density at radius 3 is 2.73 bits per heavy atom. The van der Waals surface area contributed by atoms with Crippen LogP contribution in [0.3, 0.4) is 0 Å². The molecule has 4 rings (SSSR count). The number of aliphatic imine (C=N–C) groups is 2. The zero-order valence-electron chi connectivity index (χ0n) is 14.2. The number of fused-ring (bicyclic) bond motifs is 1. The second-order valence-electron chi connectivity index (χ2n) is 6.86. The summed E-state index contributed by atoms with van der Waals surface area (Å²) in [6.07, 6.45) is 8.49. The van der Waals surface area contributed by atoms with Gasteiger partial charge in [0.05, 0.1) is 23.9 Å². The molecule has 1 aliphatic carbocycles. The fourth-order valence-corrected chi connectivity index (χ4v) is 4.54. The summed E-state index contributed by atoms with van der Waals surface area (Å²) in [6.45, 7) is 2.10. The molecule has 1 atom stereocenters. The molecule has 1 unspecified atom stereocenters. The van der Waals surface area contributed by atoms with Crippen molar-refractivity contribution in [3.63, 3.8) is 0 Å². The van der Waals surface area contributed by atoms with Crippen LogP contribution in [0.15, 0.2) is 62.9 Å². The van der Waals surface area contributed by atoms with Crippen molar-refractivity contribution in [1.29, 1.82) is 0 Å². The van der Waals surface area contributed by atoms with Gasteiger partial charge in [0.2, 0.25) is 12.0 Å². The van der Waals surface area contributed by atoms with Gasteiger partial charge in [0.25, 0.3) is 10.1 Å². The molecule has 2 aliphatic heterocycles. The van der Waals surface area contributed by atoms with Crippen LogP contribution in [0, 0.1) is 18.8 Å². The van der Waals surface area contributed by atoms with Crippen molar-refractivity contribution >= 4 is 34.4 Å². The maximum absolute atomic E-state index is 12.3. The molecule has 1 aromatic carbocycles. The second-order valence-corrected chi connectivity index (χ2v) is 9.04. The van der Waals surface area contributed by atoms with Gasteiger partial charge in [-0.15, -0.1) is 4.00 Å². The highest BCUT2D eigenvalue weighted by Gasteiger charge is 2.44. The fraction of sp³-hybridized carbons (Fsp3) is 0.333. The zero-order chi connectivity index (χ0) is 18.4. The first kappa shape index (κ1) is 17.6. The van der Waals surface area contributed by atoms with Gasteiger partial charge in [-0.25, -0.2) is 0 Å². The summed E-state index contributed by atoms with van der Waals surface area (Å²) in [7, 11) is -3.71. The lowest BCUT2D eigenvalue weighted by atomic mass is 9.73. The number of nitrogens with zero attached hydrogens (tertiary/aromatic N) is 3.